The normalized spacial score (nSPS) is 16.8. The van der Waals surface area contributed by atoms with Gasteiger partial charge < -0.3 is 15.4 Å². The van der Waals surface area contributed by atoms with Gasteiger partial charge in [-0.3, -0.25) is 19.0 Å². The van der Waals surface area contributed by atoms with E-state index in [9.17, 15) is 9.59 Å². The van der Waals surface area contributed by atoms with Crippen LogP contribution in [-0.4, -0.2) is 51.6 Å². The summed E-state index contributed by atoms with van der Waals surface area (Å²) in [5.41, 5.74) is 0.336. The number of nitrogens with one attached hydrogen (secondary N) is 2. The summed E-state index contributed by atoms with van der Waals surface area (Å²) in [6, 6.07) is 3.58. The van der Waals surface area contributed by atoms with Gasteiger partial charge in [-0.15, -0.1) is 12.4 Å². The Morgan fingerprint density at radius 3 is 2.92 bits per heavy atom. The summed E-state index contributed by atoms with van der Waals surface area (Å²) in [6.45, 7) is 1.88. The predicted molar refractivity (Wildman–Crippen MR) is 92.8 cm³/mol. The van der Waals surface area contributed by atoms with Gasteiger partial charge in [0.25, 0.3) is 5.91 Å². The molecule has 0 aliphatic carbocycles. The number of carbonyl (C=O) groups is 2. The molecule has 2 aromatic heterocycles. The van der Waals surface area contributed by atoms with Gasteiger partial charge in [-0.05, 0) is 25.5 Å². The molecule has 0 bridgehead atoms. The molecule has 1 amide bonds. The minimum Gasteiger partial charge on any atom is -0.468 e. The van der Waals surface area contributed by atoms with Crippen molar-refractivity contribution < 1.29 is 14.3 Å². The SMILES string of the molecule is COC(=O)Cn1ccc(NC(=O)c2ccn(C3CCCNC3)n2)n1.Cl. The third-order valence-electron chi connectivity index (χ3n) is 3.89. The van der Waals surface area contributed by atoms with Crippen LogP contribution in [0.15, 0.2) is 24.5 Å². The summed E-state index contributed by atoms with van der Waals surface area (Å²) < 4.78 is 7.80. The van der Waals surface area contributed by atoms with E-state index in [0.717, 1.165) is 25.9 Å². The molecule has 1 fully saturated rings. The molecule has 3 rings (SSSR count). The molecular weight excluding hydrogens is 348 g/mol. The fraction of sp³-hybridized carbons (Fsp3) is 0.467. The number of esters is 1. The van der Waals surface area contributed by atoms with Gasteiger partial charge in [0.2, 0.25) is 0 Å². The van der Waals surface area contributed by atoms with Crippen LogP contribution < -0.4 is 10.6 Å². The van der Waals surface area contributed by atoms with Crippen LogP contribution in [0.3, 0.4) is 0 Å². The molecule has 0 aromatic carbocycles. The van der Waals surface area contributed by atoms with E-state index < -0.39 is 5.97 Å². The van der Waals surface area contributed by atoms with Crippen molar-refractivity contribution in [3.63, 3.8) is 0 Å². The first-order valence-electron chi connectivity index (χ1n) is 7.83. The summed E-state index contributed by atoms with van der Waals surface area (Å²) in [5, 5.41) is 14.4. The van der Waals surface area contributed by atoms with Crippen molar-refractivity contribution in [3.8, 4) is 0 Å². The minimum atomic E-state index is -0.407. The zero-order chi connectivity index (χ0) is 16.9. The summed E-state index contributed by atoms with van der Waals surface area (Å²) in [6.07, 6.45) is 5.57. The number of ether oxygens (including phenoxy) is 1. The number of halogens is 1. The Morgan fingerprint density at radius 1 is 1.36 bits per heavy atom. The fourth-order valence-corrected chi connectivity index (χ4v) is 2.62. The Labute approximate surface area is 151 Å². The lowest BCUT2D eigenvalue weighted by molar-refractivity contribution is -0.141. The number of hydrogen-bond acceptors (Lipinski definition) is 6. The maximum Gasteiger partial charge on any atom is 0.327 e. The highest BCUT2D eigenvalue weighted by molar-refractivity contribution is 6.02. The summed E-state index contributed by atoms with van der Waals surface area (Å²) in [7, 11) is 1.31. The monoisotopic (exact) mass is 368 g/mol. The lowest BCUT2D eigenvalue weighted by Crippen LogP contribution is -2.32. The molecule has 10 heteroatoms. The average molecular weight is 369 g/mol. The number of carbonyl (C=O) groups excluding carboxylic acids is 2. The van der Waals surface area contributed by atoms with Gasteiger partial charge in [-0.25, -0.2) is 0 Å². The van der Waals surface area contributed by atoms with Crippen LogP contribution in [0.25, 0.3) is 0 Å². The quantitative estimate of drug-likeness (QED) is 0.758. The molecule has 0 spiro atoms. The van der Waals surface area contributed by atoms with Gasteiger partial charge in [0, 0.05) is 25.0 Å². The van der Waals surface area contributed by atoms with Crippen molar-refractivity contribution in [3.05, 3.63) is 30.2 Å². The second-order valence-electron chi connectivity index (χ2n) is 5.61. The molecule has 25 heavy (non-hydrogen) atoms. The maximum atomic E-state index is 12.3. The fourth-order valence-electron chi connectivity index (χ4n) is 2.62. The lowest BCUT2D eigenvalue weighted by Gasteiger charge is -2.22. The van der Waals surface area contributed by atoms with Crippen molar-refractivity contribution in [2.75, 3.05) is 25.5 Å². The van der Waals surface area contributed by atoms with Gasteiger partial charge in [0.1, 0.15) is 6.54 Å². The maximum absolute atomic E-state index is 12.3. The number of aromatic nitrogens is 4. The highest BCUT2D eigenvalue weighted by atomic mass is 35.5. The van der Waals surface area contributed by atoms with Crippen LogP contribution in [0, 0.1) is 0 Å². The highest BCUT2D eigenvalue weighted by Gasteiger charge is 2.18. The Bertz CT molecular complexity index is 722. The number of nitrogens with zero attached hydrogens (tertiary/aromatic N) is 4. The molecule has 9 nitrogen and oxygen atoms in total. The number of rotatable bonds is 5. The van der Waals surface area contributed by atoms with E-state index in [4.69, 9.17) is 0 Å². The van der Waals surface area contributed by atoms with E-state index in [1.54, 1.807) is 18.3 Å². The smallest absolute Gasteiger partial charge is 0.327 e. The van der Waals surface area contributed by atoms with E-state index in [-0.39, 0.29) is 30.9 Å². The first kappa shape index (κ1) is 18.9. The van der Waals surface area contributed by atoms with Crippen molar-refractivity contribution in [2.24, 2.45) is 0 Å². The van der Waals surface area contributed by atoms with Crippen molar-refractivity contribution in [1.29, 1.82) is 0 Å². The number of amides is 1. The van der Waals surface area contributed by atoms with E-state index in [2.05, 4.69) is 25.6 Å². The van der Waals surface area contributed by atoms with Gasteiger partial charge >= 0.3 is 5.97 Å². The van der Waals surface area contributed by atoms with E-state index >= 15 is 0 Å². The summed E-state index contributed by atoms with van der Waals surface area (Å²) in [5.74, 6) is -0.380. The number of piperidine rings is 1. The largest absolute Gasteiger partial charge is 0.468 e. The third-order valence-corrected chi connectivity index (χ3v) is 3.89. The zero-order valence-corrected chi connectivity index (χ0v) is 14.7. The highest BCUT2D eigenvalue weighted by Crippen LogP contribution is 2.16. The molecule has 0 saturated carbocycles. The van der Waals surface area contributed by atoms with Gasteiger partial charge in [0.15, 0.2) is 11.5 Å². The zero-order valence-electron chi connectivity index (χ0n) is 13.8. The first-order chi connectivity index (χ1) is 11.7. The first-order valence-corrected chi connectivity index (χ1v) is 7.83. The van der Waals surface area contributed by atoms with Crippen molar-refractivity contribution >= 4 is 30.1 Å². The van der Waals surface area contributed by atoms with Gasteiger partial charge in [0.05, 0.1) is 13.2 Å². The Balaban J connectivity index is 0.00000225. The third kappa shape index (κ3) is 4.80. The lowest BCUT2D eigenvalue weighted by atomic mass is 10.1. The molecule has 1 saturated heterocycles. The molecule has 0 radical (unpaired) electrons. The van der Waals surface area contributed by atoms with E-state index in [0.29, 0.717) is 11.5 Å². The molecule has 1 unspecified atom stereocenters. The van der Waals surface area contributed by atoms with Crippen molar-refractivity contribution in [2.45, 2.75) is 25.4 Å². The number of anilines is 1. The number of methoxy groups -OCH3 is 1. The Kier molecular flexibility index (Phi) is 6.54. The second kappa shape index (κ2) is 8.63. The van der Waals surface area contributed by atoms with Crippen LogP contribution in [0.5, 0.6) is 0 Å². The molecule has 2 N–H and O–H groups in total. The van der Waals surface area contributed by atoms with Gasteiger partial charge in [-0.1, -0.05) is 0 Å². The minimum absolute atomic E-state index is 0. The summed E-state index contributed by atoms with van der Waals surface area (Å²) in [4.78, 5) is 23.5. The molecule has 1 aliphatic heterocycles. The molecule has 1 aliphatic rings. The van der Waals surface area contributed by atoms with Crippen LogP contribution in [0.1, 0.15) is 29.4 Å². The van der Waals surface area contributed by atoms with Gasteiger partial charge in [-0.2, -0.15) is 10.2 Å². The van der Waals surface area contributed by atoms with E-state index in [1.807, 2.05) is 10.9 Å². The Morgan fingerprint density at radius 2 is 2.20 bits per heavy atom. The molecule has 2 aromatic rings. The average Bonchev–Trinajstić information content (AvgIpc) is 3.25. The molecule has 3 heterocycles. The standard InChI is InChI=1S/C15H20N6O3.ClH/c1-24-14(22)10-20-7-5-13(19-20)17-15(23)12-4-8-21(18-12)11-3-2-6-16-9-11;/h4-5,7-8,11,16H,2-3,6,9-10H2,1H3,(H,17,19,23);1H. The van der Waals surface area contributed by atoms with E-state index in [1.165, 1.54) is 11.8 Å². The summed E-state index contributed by atoms with van der Waals surface area (Å²) >= 11 is 0. The number of hydrogen-bond donors (Lipinski definition) is 2. The van der Waals surface area contributed by atoms with Crippen LogP contribution in [0.2, 0.25) is 0 Å². The molecular formula is C15H21ClN6O3. The van der Waals surface area contributed by atoms with Crippen LogP contribution >= 0.6 is 12.4 Å². The molecule has 1 atom stereocenters. The molecule has 136 valence electrons. The van der Waals surface area contributed by atoms with Crippen LogP contribution in [-0.2, 0) is 16.1 Å². The van der Waals surface area contributed by atoms with Crippen LogP contribution in [0.4, 0.5) is 5.82 Å². The topological polar surface area (TPSA) is 103 Å². The Hall–Kier alpha value is -2.39. The predicted octanol–water partition coefficient (Wildman–Crippen LogP) is 0.851. The van der Waals surface area contributed by atoms with Crippen molar-refractivity contribution in [1.82, 2.24) is 24.9 Å². The second-order valence-corrected chi connectivity index (χ2v) is 5.61.